The molecule has 4 fully saturated rings. The Morgan fingerprint density at radius 2 is 1.65 bits per heavy atom. The molecule has 0 amide bonds. The predicted molar refractivity (Wildman–Crippen MR) is 79.1 cm³/mol. The molecule has 4 aliphatic rings. The molecule has 0 radical (unpaired) electrons. The molecular formula is C15H27NO3S. The van der Waals surface area contributed by atoms with Gasteiger partial charge in [0.25, 0.3) is 10.1 Å². The molecule has 0 aromatic rings. The van der Waals surface area contributed by atoms with E-state index in [-0.39, 0.29) is 5.75 Å². The molecule has 0 aliphatic heterocycles. The van der Waals surface area contributed by atoms with Crippen LogP contribution in [0.3, 0.4) is 0 Å². The Labute approximate surface area is 122 Å². The van der Waals surface area contributed by atoms with Crippen LogP contribution < -0.4 is 5.32 Å². The number of nitrogens with one attached hydrogen (secondary N) is 1. The highest BCUT2D eigenvalue weighted by molar-refractivity contribution is 7.85. The Morgan fingerprint density at radius 3 is 2.10 bits per heavy atom. The Kier molecular flexibility index (Phi) is 3.89. The average Bonchev–Trinajstić information content (AvgIpc) is 2.31. The van der Waals surface area contributed by atoms with Crippen LogP contribution in [0.25, 0.3) is 0 Å². The SMILES string of the molecule is CC(NCCCS(=O)(=O)O)C12CC3CC(CC(C3)C1)C2. The highest BCUT2D eigenvalue weighted by atomic mass is 32.2. The van der Waals surface area contributed by atoms with Crippen LogP contribution in [-0.2, 0) is 10.1 Å². The van der Waals surface area contributed by atoms with E-state index in [9.17, 15) is 8.42 Å². The predicted octanol–water partition coefficient (Wildman–Crippen LogP) is 2.46. The first-order valence-corrected chi connectivity index (χ1v) is 9.66. The Morgan fingerprint density at radius 1 is 1.15 bits per heavy atom. The zero-order valence-corrected chi connectivity index (χ0v) is 13.2. The molecule has 0 heterocycles. The fourth-order valence-corrected chi connectivity index (χ4v) is 6.01. The summed E-state index contributed by atoms with van der Waals surface area (Å²) in [6.45, 7) is 2.96. The maximum atomic E-state index is 10.7. The molecule has 4 rings (SSSR count). The van der Waals surface area contributed by atoms with E-state index >= 15 is 0 Å². The van der Waals surface area contributed by atoms with Crippen molar-refractivity contribution in [2.24, 2.45) is 23.2 Å². The summed E-state index contributed by atoms with van der Waals surface area (Å²) in [4.78, 5) is 0. The van der Waals surface area contributed by atoms with Crippen molar-refractivity contribution in [1.29, 1.82) is 0 Å². The van der Waals surface area contributed by atoms with Gasteiger partial charge in [0.15, 0.2) is 0 Å². The van der Waals surface area contributed by atoms with E-state index in [0.29, 0.717) is 24.4 Å². The number of rotatable bonds is 6. The van der Waals surface area contributed by atoms with Gasteiger partial charge in [0.05, 0.1) is 5.75 Å². The third-order valence-electron chi connectivity index (χ3n) is 6.03. The number of hydrogen-bond acceptors (Lipinski definition) is 3. The summed E-state index contributed by atoms with van der Waals surface area (Å²) in [7, 11) is -3.81. The molecule has 1 atom stereocenters. The lowest BCUT2D eigenvalue weighted by atomic mass is 9.48. The largest absolute Gasteiger partial charge is 0.314 e. The molecule has 5 heteroatoms. The molecule has 4 aliphatic carbocycles. The van der Waals surface area contributed by atoms with Gasteiger partial charge in [-0.2, -0.15) is 8.42 Å². The third-order valence-corrected chi connectivity index (χ3v) is 6.84. The minimum Gasteiger partial charge on any atom is -0.314 e. The highest BCUT2D eigenvalue weighted by Gasteiger charge is 2.52. The molecule has 4 saturated carbocycles. The average molecular weight is 301 g/mol. The molecule has 4 bridgehead atoms. The van der Waals surface area contributed by atoms with Crippen molar-refractivity contribution in [3.8, 4) is 0 Å². The molecule has 0 aromatic heterocycles. The summed E-state index contributed by atoms with van der Waals surface area (Å²) in [6.07, 6.45) is 8.95. The van der Waals surface area contributed by atoms with E-state index in [1.165, 1.54) is 38.5 Å². The Bertz CT molecular complexity index is 424. The van der Waals surface area contributed by atoms with Crippen molar-refractivity contribution < 1.29 is 13.0 Å². The molecule has 0 spiro atoms. The van der Waals surface area contributed by atoms with E-state index in [1.54, 1.807) is 0 Å². The summed E-state index contributed by atoms with van der Waals surface area (Å²) in [5.41, 5.74) is 0.465. The van der Waals surface area contributed by atoms with Crippen molar-refractivity contribution in [2.75, 3.05) is 12.3 Å². The maximum absolute atomic E-state index is 10.7. The van der Waals surface area contributed by atoms with Crippen LogP contribution in [0.2, 0.25) is 0 Å². The fraction of sp³-hybridized carbons (Fsp3) is 1.00. The van der Waals surface area contributed by atoms with Gasteiger partial charge in [-0.15, -0.1) is 0 Å². The molecule has 20 heavy (non-hydrogen) atoms. The lowest BCUT2D eigenvalue weighted by Crippen LogP contribution is -2.55. The molecular weight excluding hydrogens is 274 g/mol. The van der Waals surface area contributed by atoms with Crippen molar-refractivity contribution in [2.45, 2.75) is 57.9 Å². The summed E-state index contributed by atoms with van der Waals surface area (Å²) in [5.74, 6) is 2.71. The fourth-order valence-electron chi connectivity index (χ4n) is 5.50. The second kappa shape index (κ2) is 5.25. The zero-order valence-electron chi connectivity index (χ0n) is 12.3. The third kappa shape index (κ3) is 3.04. The van der Waals surface area contributed by atoms with Gasteiger partial charge in [-0.05, 0) is 81.6 Å². The normalized spacial score (nSPS) is 41.0. The molecule has 0 aromatic carbocycles. The van der Waals surface area contributed by atoms with Crippen molar-refractivity contribution >= 4 is 10.1 Å². The smallest absolute Gasteiger partial charge is 0.264 e. The highest BCUT2D eigenvalue weighted by Crippen LogP contribution is 2.61. The van der Waals surface area contributed by atoms with Gasteiger partial charge < -0.3 is 5.32 Å². The van der Waals surface area contributed by atoms with Crippen LogP contribution in [0.5, 0.6) is 0 Å². The second-order valence-corrected chi connectivity index (χ2v) is 9.17. The first kappa shape index (κ1) is 14.8. The van der Waals surface area contributed by atoms with Gasteiger partial charge in [0, 0.05) is 6.04 Å². The Balaban J connectivity index is 1.53. The molecule has 1 unspecified atom stereocenters. The molecule has 2 N–H and O–H groups in total. The Hall–Kier alpha value is -0.130. The monoisotopic (exact) mass is 301 g/mol. The minimum atomic E-state index is -3.81. The summed E-state index contributed by atoms with van der Waals surface area (Å²) in [6, 6.07) is 0.470. The lowest BCUT2D eigenvalue weighted by molar-refractivity contribution is -0.0702. The van der Waals surface area contributed by atoms with Gasteiger partial charge in [-0.25, -0.2) is 0 Å². The van der Waals surface area contributed by atoms with Crippen LogP contribution in [0.1, 0.15) is 51.9 Å². The van der Waals surface area contributed by atoms with E-state index < -0.39 is 10.1 Å². The van der Waals surface area contributed by atoms with Crippen LogP contribution in [0, 0.1) is 23.2 Å². The first-order chi connectivity index (χ1) is 9.36. The van der Waals surface area contributed by atoms with Crippen molar-refractivity contribution in [3.05, 3.63) is 0 Å². The van der Waals surface area contributed by atoms with Gasteiger partial charge in [-0.3, -0.25) is 4.55 Å². The molecule has 0 saturated heterocycles. The van der Waals surface area contributed by atoms with Crippen molar-refractivity contribution in [1.82, 2.24) is 5.32 Å². The van der Waals surface area contributed by atoms with Crippen LogP contribution in [-0.4, -0.2) is 31.3 Å². The van der Waals surface area contributed by atoms with E-state index in [4.69, 9.17) is 4.55 Å². The zero-order chi connectivity index (χ0) is 14.4. The summed E-state index contributed by atoms with van der Waals surface area (Å²) >= 11 is 0. The standard InChI is InChI=1S/C15H27NO3S/c1-11(16-3-2-4-20(17,18)19)15-8-12-5-13(9-15)7-14(6-12)10-15/h11-14,16H,2-10H2,1H3,(H,17,18,19). The topological polar surface area (TPSA) is 66.4 Å². The van der Waals surface area contributed by atoms with Crippen LogP contribution in [0.15, 0.2) is 0 Å². The lowest BCUT2D eigenvalue weighted by Gasteiger charge is -2.59. The second-order valence-electron chi connectivity index (χ2n) is 7.60. The van der Waals surface area contributed by atoms with Crippen LogP contribution >= 0.6 is 0 Å². The van der Waals surface area contributed by atoms with Crippen molar-refractivity contribution in [3.63, 3.8) is 0 Å². The van der Waals surface area contributed by atoms with Crippen LogP contribution in [0.4, 0.5) is 0 Å². The van der Waals surface area contributed by atoms with Gasteiger partial charge in [0.1, 0.15) is 0 Å². The van der Waals surface area contributed by atoms with E-state index in [1.807, 2.05) is 0 Å². The van der Waals surface area contributed by atoms with Gasteiger partial charge in [-0.1, -0.05) is 0 Å². The summed E-state index contributed by atoms with van der Waals surface area (Å²) in [5, 5.41) is 3.54. The van der Waals surface area contributed by atoms with Gasteiger partial charge >= 0.3 is 0 Å². The minimum absolute atomic E-state index is 0.131. The van der Waals surface area contributed by atoms with E-state index in [0.717, 1.165) is 17.8 Å². The van der Waals surface area contributed by atoms with E-state index in [2.05, 4.69) is 12.2 Å². The quantitative estimate of drug-likeness (QED) is 0.584. The van der Waals surface area contributed by atoms with Gasteiger partial charge in [0.2, 0.25) is 0 Å². The first-order valence-electron chi connectivity index (χ1n) is 8.05. The maximum Gasteiger partial charge on any atom is 0.264 e. The molecule has 4 nitrogen and oxygen atoms in total. The number of hydrogen-bond donors (Lipinski definition) is 2. The molecule has 116 valence electrons. The summed E-state index contributed by atoms with van der Waals surface area (Å²) < 4.78 is 30.2.